The molecule has 0 saturated heterocycles. The first-order chi connectivity index (χ1) is 7.02. The number of hydrogen-bond donors (Lipinski definition) is 0. The van der Waals surface area contributed by atoms with Gasteiger partial charge in [-0.2, -0.15) is 5.26 Å². The van der Waals surface area contributed by atoms with Crippen LogP contribution in [0.2, 0.25) is 5.02 Å². The van der Waals surface area contributed by atoms with E-state index in [2.05, 4.69) is 6.07 Å². The second-order valence-electron chi connectivity index (χ2n) is 4.44. The Morgan fingerprint density at radius 2 is 2.27 bits per heavy atom. The van der Waals surface area contributed by atoms with Gasteiger partial charge in [0.2, 0.25) is 0 Å². The summed E-state index contributed by atoms with van der Waals surface area (Å²) in [6, 6.07) is 5.95. The van der Waals surface area contributed by atoms with Crippen molar-refractivity contribution in [2.45, 2.75) is 32.3 Å². The van der Waals surface area contributed by atoms with E-state index < -0.39 is 0 Å². The van der Waals surface area contributed by atoms with Crippen LogP contribution in [0.1, 0.15) is 25.0 Å². The van der Waals surface area contributed by atoms with Crippen molar-refractivity contribution in [2.75, 3.05) is 0 Å². The maximum absolute atomic E-state index is 8.64. The van der Waals surface area contributed by atoms with E-state index in [-0.39, 0.29) is 5.60 Å². The van der Waals surface area contributed by atoms with E-state index in [1.165, 1.54) is 0 Å². The molecule has 0 unspecified atom stereocenters. The van der Waals surface area contributed by atoms with E-state index in [9.17, 15) is 0 Å². The Kier molecular flexibility index (Phi) is 2.36. The van der Waals surface area contributed by atoms with Gasteiger partial charge in [-0.05, 0) is 31.0 Å². The fourth-order valence-electron chi connectivity index (χ4n) is 1.92. The van der Waals surface area contributed by atoms with Crippen molar-refractivity contribution < 1.29 is 4.74 Å². The van der Waals surface area contributed by atoms with E-state index in [4.69, 9.17) is 21.6 Å². The molecule has 78 valence electrons. The lowest BCUT2D eigenvalue weighted by Crippen LogP contribution is -2.24. The van der Waals surface area contributed by atoms with E-state index in [0.29, 0.717) is 11.4 Å². The third-order valence-electron chi connectivity index (χ3n) is 2.46. The predicted molar refractivity (Wildman–Crippen MR) is 59.2 cm³/mol. The van der Waals surface area contributed by atoms with Gasteiger partial charge in [0.05, 0.1) is 17.5 Å². The number of halogens is 1. The van der Waals surface area contributed by atoms with Crippen LogP contribution in [0.5, 0.6) is 5.75 Å². The predicted octanol–water partition coefficient (Wildman–Crippen LogP) is 3.12. The van der Waals surface area contributed by atoms with Crippen LogP contribution < -0.4 is 4.74 Å². The maximum Gasteiger partial charge on any atom is 0.142 e. The lowest BCUT2D eigenvalue weighted by Gasteiger charge is -2.17. The van der Waals surface area contributed by atoms with Crippen molar-refractivity contribution >= 4 is 11.6 Å². The van der Waals surface area contributed by atoms with Crippen molar-refractivity contribution in [3.8, 4) is 11.8 Å². The summed E-state index contributed by atoms with van der Waals surface area (Å²) in [5.74, 6) is 0.781. The zero-order chi connectivity index (χ0) is 11.1. The Balaban J connectivity index is 2.43. The van der Waals surface area contributed by atoms with Gasteiger partial charge in [0.1, 0.15) is 11.4 Å². The molecule has 0 aliphatic carbocycles. The number of rotatable bonds is 1. The van der Waals surface area contributed by atoms with Crippen LogP contribution in [0.25, 0.3) is 0 Å². The number of benzene rings is 1. The SMILES string of the molecule is CC1(C)Cc2cc(CC#N)cc(Cl)c2O1. The van der Waals surface area contributed by atoms with Gasteiger partial charge in [-0.15, -0.1) is 0 Å². The summed E-state index contributed by atoms with van der Waals surface area (Å²) in [5.41, 5.74) is 1.89. The highest BCUT2D eigenvalue weighted by molar-refractivity contribution is 6.32. The number of fused-ring (bicyclic) bond motifs is 1. The first-order valence-corrected chi connectivity index (χ1v) is 5.27. The van der Waals surface area contributed by atoms with Crippen LogP contribution in [0.3, 0.4) is 0 Å². The van der Waals surface area contributed by atoms with Crippen LogP contribution in [0.4, 0.5) is 0 Å². The molecular formula is C12H12ClNO. The number of hydrogen-bond acceptors (Lipinski definition) is 2. The smallest absolute Gasteiger partial charge is 0.142 e. The number of nitriles is 1. The largest absolute Gasteiger partial charge is 0.486 e. The standard InChI is InChI=1S/C12H12ClNO/c1-12(2)7-9-5-8(3-4-14)6-10(13)11(9)15-12/h5-6H,3,7H2,1-2H3. The van der Waals surface area contributed by atoms with Crippen molar-refractivity contribution in [3.63, 3.8) is 0 Å². The fourth-order valence-corrected chi connectivity index (χ4v) is 2.22. The Labute approximate surface area is 94.4 Å². The van der Waals surface area contributed by atoms with Gasteiger partial charge in [0, 0.05) is 6.42 Å². The molecule has 15 heavy (non-hydrogen) atoms. The summed E-state index contributed by atoms with van der Waals surface area (Å²) in [6.07, 6.45) is 1.24. The minimum absolute atomic E-state index is 0.183. The molecule has 0 N–H and O–H groups in total. The first-order valence-electron chi connectivity index (χ1n) is 4.89. The molecule has 0 spiro atoms. The lowest BCUT2D eigenvalue weighted by atomic mass is 9.99. The zero-order valence-electron chi connectivity index (χ0n) is 8.80. The van der Waals surface area contributed by atoms with Gasteiger partial charge in [-0.3, -0.25) is 0 Å². The van der Waals surface area contributed by atoms with Gasteiger partial charge in [0.25, 0.3) is 0 Å². The molecule has 0 amide bonds. The van der Waals surface area contributed by atoms with Crippen LogP contribution in [-0.2, 0) is 12.8 Å². The summed E-state index contributed by atoms with van der Waals surface area (Å²) >= 11 is 6.10. The topological polar surface area (TPSA) is 33.0 Å². The summed E-state index contributed by atoms with van der Waals surface area (Å²) in [7, 11) is 0. The Morgan fingerprint density at radius 3 is 2.93 bits per heavy atom. The highest BCUT2D eigenvalue weighted by Crippen LogP contribution is 2.40. The fraction of sp³-hybridized carbons (Fsp3) is 0.417. The van der Waals surface area contributed by atoms with Crippen molar-refractivity contribution in [2.24, 2.45) is 0 Å². The average molecular weight is 222 g/mol. The third-order valence-corrected chi connectivity index (χ3v) is 2.74. The second kappa shape index (κ2) is 3.43. The van der Waals surface area contributed by atoms with Crippen molar-refractivity contribution in [3.05, 3.63) is 28.3 Å². The minimum Gasteiger partial charge on any atom is -0.486 e. The molecule has 0 fully saturated rings. The molecule has 0 aromatic heterocycles. The molecular weight excluding hydrogens is 210 g/mol. The molecule has 0 saturated carbocycles. The van der Waals surface area contributed by atoms with E-state index in [1.807, 2.05) is 26.0 Å². The van der Waals surface area contributed by atoms with Gasteiger partial charge in [-0.1, -0.05) is 17.7 Å². The summed E-state index contributed by atoms with van der Waals surface area (Å²) in [4.78, 5) is 0. The molecule has 1 aliphatic heterocycles. The monoisotopic (exact) mass is 221 g/mol. The van der Waals surface area contributed by atoms with Crippen LogP contribution in [-0.4, -0.2) is 5.60 Å². The summed E-state index contributed by atoms with van der Waals surface area (Å²) in [6.45, 7) is 4.07. The molecule has 0 bridgehead atoms. The Hall–Kier alpha value is -1.20. The molecule has 1 aromatic carbocycles. The highest BCUT2D eigenvalue weighted by Gasteiger charge is 2.31. The maximum atomic E-state index is 8.64. The van der Waals surface area contributed by atoms with Crippen molar-refractivity contribution in [1.82, 2.24) is 0 Å². The van der Waals surface area contributed by atoms with Gasteiger partial charge in [0.15, 0.2) is 0 Å². The number of nitrogens with zero attached hydrogens (tertiary/aromatic N) is 1. The van der Waals surface area contributed by atoms with Crippen LogP contribution in [0.15, 0.2) is 12.1 Å². The van der Waals surface area contributed by atoms with Crippen LogP contribution in [0, 0.1) is 11.3 Å². The van der Waals surface area contributed by atoms with E-state index >= 15 is 0 Å². The van der Waals surface area contributed by atoms with Gasteiger partial charge >= 0.3 is 0 Å². The lowest BCUT2D eigenvalue weighted by molar-refractivity contribution is 0.138. The molecule has 1 aromatic rings. The Morgan fingerprint density at radius 1 is 1.53 bits per heavy atom. The molecule has 2 nitrogen and oxygen atoms in total. The molecule has 3 heteroatoms. The first kappa shape index (κ1) is 10.3. The number of ether oxygens (including phenoxy) is 1. The molecule has 0 radical (unpaired) electrons. The van der Waals surface area contributed by atoms with Crippen molar-refractivity contribution in [1.29, 1.82) is 5.26 Å². The minimum atomic E-state index is -0.183. The van der Waals surface area contributed by atoms with E-state index in [1.54, 1.807) is 0 Å². The van der Waals surface area contributed by atoms with Crippen LogP contribution >= 0.6 is 11.6 Å². The summed E-state index contributed by atoms with van der Waals surface area (Å²) in [5, 5.41) is 9.25. The van der Waals surface area contributed by atoms with E-state index in [0.717, 1.165) is 23.3 Å². The zero-order valence-corrected chi connectivity index (χ0v) is 9.56. The Bertz CT molecular complexity index is 446. The quantitative estimate of drug-likeness (QED) is 0.730. The van der Waals surface area contributed by atoms with Gasteiger partial charge in [-0.25, -0.2) is 0 Å². The third kappa shape index (κ3) is 1.93. The molecule has 2 rings (SSSR count). The average Bonchev–Trinajstić information content (AvgIpc) is 2.41. The molecule has 1 heterocycles. The molecule has 1 aliphatic rings. The van der Waals surface area contributed by atoms with Gasteiger partial charge < -0.3 is 4.74 Å². The highest BCUT2D eigenvalue weighted by atomic mass is 35.5. The second-order valence-corrected chi connectivity index (χ2v) is 4.85. The normalized spacial score (nSPS) is 16.7. The summed E-state index contributed by atoms with van der Waals surface area (Å²) < 4.78 is 5.74. The molecule has 0 atom stereocenters.